The summed E-state index contributed by atoms with van der Waals surface area (Å²) in [7, 11) is -16.0. The molecule has 0 aliphatic heterocycles. The molecule has 6 N–H and O–H groups in total. The van der Waals surface area contributed by atoms with Crippen LogP contribution in [0.25, 0.3) is 10.4 Å². The van der Waals surface area contributed by atoms with Gasteiger partial charge in [-0.25, -0.2) is 13.4 Å². The normalized spacial score (nSPS) is 15.7. The Morgan fingerprint density at radius 3 is 2.32 bits per heavy atom. The number of rotatable bonds is 10. The van der Waals surface area contributed by atoms with E-state index in [-0.39, 0.29) is 5.69 Å². The number of hydrogen-bond donors (Lipinski definition) is 6. The number of nitro benzene ring substituents is 1. The van der Waals surface area contributed by atoms with Crippen molar-refractivity contribution >= 4 is 40.3 Å². The first-order valence-electron chi connectivity index (χ1n) is 6.59. The quantitative estimate of drug-likeness (QED) is 0.0724. The van der Waals surface area contributed by atoms with Crippen LogP contribution >= 0.6 is 23.2 Å². The smallest absolute Gasteiger partial charge is 0.488 e. The first-order valence-corrected chi connectivity index (χ1v) is 11.4. The van der Waals surface area contributed by atoms with E-state index in [1.165, 1.54) is 0 Å². The van der Waals surface area contributed by atoms with Gasteiger partial charge in [0.2, 0.25) is 0 Å². The van der Waals surface area contributed by atoms with E-state index in [9.17, 15) is 33.8 Å². The molecule has 156 valence electrons. The molecule has 0 aromatic heterocycles. The van der Waals surface area contributed by atoms with E-state index in [1.807, 2.05) is 0 Å². The summed E-state index contributed by atoms with van der Waals surface area (Å²) in [4.78, 5) is 47.8. The summed E-state index contributed by atoms with van der Waals surface area (Å²) in [5.74, 6) is -0.649. The van der Waals surface area contributed by atoms with Crippen LogP contribution in [0.3, 0.4) is 0 Å². The average Bonchev–Trinajstić information content (AvgIpc) is 2.45. The van der Waals surface area contributed by atoms with Crippen molar-refractivity contribution in [2.45, 2.75) is 0 Å². The standard InChI is InChI=1S/C8H12N5O12P3/c9-12-11-6-3-7(13(15)16)5(4-8(6)14)10-1-2-26(17,18)24-28(22,23)25-27(19,20)21/h3-4,10,14H,1-2H2,(H,17,18)(H,22,23)(H2,19,20,21). The predicted octanol–water partition coefficient (Wildman–Crippen LogP) is 2.07. The summed E-state index contributed by atoms with van der Waals surface area (Å²) in [6, 6.07) is 1.52. The number of phenols is 1. The number of nitro groups is 1. The highest BCUT2D eigenvalue weighted by molar-refractivity contribution is 7.68. The van der Waals surface area contributed by atoms with Crippen molar-refractivity contribution in [2.24, 2.45) is 5.11 Å². The second-order valence-electron chi connectivity index (χ2n) is 4.71. The molecule has 17 nitrogen and oxygen atoms in total. The Kier molecular flexibility index (Phi) is 7.71. The summed E-state index contributed by atoms with van der Waals surface area (Å²) in [5.41, 5.74) is 6.83. The van der Waals surface area contributed by atoms with Gasteiger partial charge in [-0.3, -0.25) is 14.7 Å². The molecule has 0 heterocycles. The van der Waals surface area contributed by atoms with Crippen LogP contribution in [0, 0.1) is 10.1 Å². The van der Waals surface area contributed by atoms with Crippen molar-refractivity contribution in [3.05, 3.63) is 32.7 Å². The third-order valence-electron chi connectivity index (χ3n) is 2.59. The molecule has 0 bridgehead atoms. The van der Waals surface area contributed by atoms with Gasteiger partial charge in [-0.2, -0.15) is 4.31 Å². The summed E-state index contributed by atoms with van der Waals surface area (Å²) >= 11 is 0. The van der Waals surface area contributed by atoms with Gasteiger partial charge in [-0.15, -0.1) is 0 Å². The number of anilines is 1. The molecule has 0 radical (unpaired) electrons. The highest BCUT2D eigenvalue weighted by Gasteiger charge is 2.39. The third-order valence-corrected chi connectivity index (χ3v) is 6.90. The summed E-state index contributed by atoms with van der Waals surface area (Å²) in [6.07, 6.45) is -0.960. The van der Waals surface area contributed by atoms with Crippen molar-refractivity contribution in [1.82, 2.24) is 0 Å². The maximum atomic E-state index is 11.7. The van der Waals surface area contributed by atoms with E-state index in [2.05, 4.69) is 24.0 Å². The minimum absolute atomic E-state index is 0.363. The van der Waals surface area contributed by atoms with Crippen LogP contribution in [0.15, 0.2) is 17.2 Å². The van der Waals surface area contributed by atoms with Gasteiger partial charge in [0.05, 0.1) is 16.8 Å². The van der Waals surface area contributed by atoms with Gasteiger partial charge in [0.25, 0.3) is 5.69 Å². The zero-order chi connectivity index (χ0) is 21.8. The van der Waals surface area contributed by atoms with E-state index >= 15 is 0 Å². The molecule has 0 spiro atoms. The lowest BCUT2D eigenvalue weighted by Crippen LogP contribution is -2.09. The van der Waals surface area contributed by atoms with Gasteiger partial charge in [-0.1, -0.05) is 5.11 Å². The first kappa shape index (κ1) is 24.0. The van der Waals surface area contributed by atoms with Crippen LogP contribution in [0.4, 0.5) is 17.1 Å². The van der Waals surface area contributed by atoms with Crippen LogP contribution < -0.4 is 5.32 Å². The van der Waals surface area contributed by atoms with E-state index < -0.39 is 58.0 Å². The van der Waals surface area contributed by atoms with Crippen LogP contribution in [-0.4, -0.2) is 42.3 Å². The van der Waals surface area contributed by atoms with E-state index in [0.29, 0.717) is 0 Å². The van der Waals surface area contributed by atoms with Gasteiger partial charge < -0.3 is 30.0 Å². The Morgan fingerprint density at radius 2 is 1.82 bits per heavy atom. The minimum Gasteiger partial charge on any atom is -0.507 e. The molecule has 1 rings (SSSR count). The van der Waals surface area contributed by atoms with Gasteiger partial charge in [0.1, 0.15) is 11.4 Å². The summed E-state index contributed by atoms with van der Waals surface area (Å²) < 4.78 is 40.7. The highest BCUT2D eigenvalue weighted by Crippen LogP contribution is 2.65. The Morgan fingerprint density at radius 1 is 1.21 bits per heavy atom. The molecule has 0 saturated carbocycles. The molecule has 2 unspecified atom stereocenters. The predicted molar refractivity (Wildman–Crippen MR) is 90.8 cm³/mol. The van der Waals surface area contributed by atoms with Gasteiger partial charge >= 0.3 is 23.2 Å². The van der Waals surface area contributed by atoms with E-state index in [0.717, 1.165) is 12.1 Å². The maximum Gasteiger partial charge on any atom is 0.488 e. The maximum absolute atomic E-state index is 11.7. The minimum atomic E-state index is -5.59. The summed E-state index contributed by atoms with van der Waals surface area (Å²) in [6.45, 7) is -0.592. The Hall–Kier alpha value is -2.02. The first-order chi connectivity index (χ1) is 12.7. The van der Waals surface area contributed by atoms with Crippen molar-refractivity contribution < 1.29 is 51.9 Å². The highest BCUT2D eigenvalue weighted by atomic mass is 31.3. The van der Waals surface area contributed by atoms with Crippen LogP contribution in [0.2, 0.25) is 0 Å². The van der Waals surface area contributed by atoms with Crippen molar-refractivity contribution in [1.29, 1.82) is 0 Å². The van der Waals surface area contributed by atoms with Crippen LogP contribution in [0.1, 0.15) is 0 Å². The second kappa shape index (κ2) is 8.99. The monoisotopic (exact) mass is 463 g/mol. The van der Waals surface area contributed by atoms with E-state index in [1.54, 1.807) is 0 Å². The summed E-state index contributed by atoms with van der Waals surface area (Å²) in [5, 5.41) is 26.0. The molecule has 1 aromatic carbocycles. The topological polar surface area (TPSA) is 275 Å². The molecular formula is C8H12N5O12P3. The number of hydrogen-bond acceptors (Lipinski definition) is 10. The zero-order valence-electron chi connectivity index (χ0n) is 13.3. The number of benzene rings is 1. The van der Waals surface area contributed by atoms with Crippen LogP contribution in [0.5, 0.6) is 5.75 Å². The Balaban J connectivity index is 2.90. The fourth-order valence-corrected chi connectivity index (χ4v) is 5.14. The largest absolute Gasteiger partial charge is 0.507 e. The molecule has 28 heavy (non-hydrogen) atoms. The molecule has 1 aromatic rings. The van der Waals surface area contributed by atoms with Gasteiger partial charge in [0.15, 0.2) is 0 Å². The van der Waals surface area contributed by atoms with Gasteiger partial charge in [0, 0.05) is 23.6 Å². The molecule has 0 aliphatic carbocycles. The third kappa shape index (κ3) is 7.92. The fraction of sp³-hybridized carbons (Fsp3) is 0.250. The number of aromatic hydroxyl groups is 1. The van der Waals surface area contributed by atoms with Crippen LogP contribution in [-0.2, 0) is 22.3 Å². The molecule has 0 fully saturated rings. The molecule has 0 aliphatic rings. The van der Waals surface area contributed by atoms with Crippen molar-refractivity contribution in [3.63, 3.8) is 0 Å². The molecular weight excluding hydrogens is 451 g/mol. The molecule has 0 amide bonds. The Bertz CT molecular complexity index is 955. The zero-order valence-corrected chi connectivity index (χ0v) is 16.0. The average molecular weight is 463 g/mol. The van der Waals surface area contributed by atoms with Gasteiger partial charge in [-0.05, 0) is 5.53 Å². The van der Waals surface area contributed by atoms with Crippen molar-refractivity contribution in [2.75, 3.05) is 18.0 Å². The lowest BCUT2D eigenvalue weighted by atomic mass is 10.2. The number of phosphoric acid groups is 2. The molecule has 0 saturated heterocycles. The molecule has 20 heteroatoms. The molecule has 2 atom stereocenters. The number of nitrogens with one attached hydrogen (secondary N) is 1. The second-order valence-corrected chi connectivity index (χ2v) is 9.66. The number of nitrogens with zero attached hydrogens (tertiary/aromatic N) is 4. The lowest BCUT2D eigenvalue weighted by Gasteiger charge is -2.17. The fourth-order valence-electron chi connectivity index (χ4n) is 1.67. The SMILES string of the molecule is [N-]=[N+]=Nc1cc([N+](=O)[O-])c(NCCP(=O)(O)OP(=O)(O)OP(=O)(O)O)cc1O. The van der Waals surface area contributed by atoms with E-state index in [4.69, 9.17) is 20.2 Å². The van der Waals surface area contributed by atoms with Crippen molar-refractivity contribution in [3.8, 4) is 5.75 Å². The lowest BCUT2D eigenvalue weighted by molar-refractivity contribution is -0.383. The Labute approximate surface area is 154 Å². The number of azide groups is 1. The number of phenolic OH excluding ortho intramolecular Hbond substituents is 1.